The molecule has 176 valence electrons. The third-order valence-corrected chi connectivity index (χ3v) is 5.80. The van der Waals surface area contributed by atoms with Gasteiger partial charge in [-0.3, -0.25) is 14.5 Å². The van der Waals surface area contributed by atoms with E-state index in [0.29, 0.717) is 45.8 Å². The van der Waals surface area contributed by atoms with Gasteiger partial charge in [-0.15, -0.1) is 0 Å². The van der Waals surface area contributed by atoms with Gasteiger partial charge in [-0.2, -0.15) is 0 Å². The highest BCUT2D eigenvalue weighted by Gasteiger charge is 2.22. The summed E-state index contributed by atoms with van der Waals surface area (Å²) < 4.78 is 13.1. The largest absolute Gasteiger partial charge is 0.478 e. The molecule has 0 aliphatic carbocycles. The van der Waals surface area contributed by atoms with Crippen LogP contribution in [0.3, 0.4) is 0 Å². The van der Waals surface area contributed by atoms with Crippen LogP contribution in [-0.2, 0) is 4.79 Å². The Morgan fingerprint density at radius 3 is 2.21 bits per heavy atom. The van der Waals surface area contributed by atoms with Crippen molar-refractivity contribution >= 4 is 29.2 Å². The van der Waals surface area contributed by atoms with E-state index in [-0.39, 0.29) is 22.7 Å². The van der Waals surface area contributed by atoms with Crippen LogP contribution in [0.25, 0.3) is 0 Å². The number of nitrogens with one attached hydrogen (secondary N) is 1. The lowest BCUT2D eigenvalue weighted by atomic mass is 10.1. The van der Waals surface area contributed by atoms with Crippen molar-refractivity contribution in [3.8, 4) is 0 Å². The van der Waals surface area contributed by atoms with Gasteiger partial charge in [-0.1, -0.05) is 0 Å². The minimum atomic E-state index is -1.16. The van der Waals surface area contributed by atoms with Gasteiger partial charge in [-0.05, 0) is 56.3 Å². The van der Waals surface area contributed by atoms with Gasteiger partial charge in [0, 0.05) is 50.5 Å². The van der Waals surface area contributed by atoms with Gasteiger partial charge >= 0.3 is 5.97 Å². The Kier molecular flexibility index (Phi) is 8.00. The van der Waals surface area contributed by atoms with E-state index in [4.69, 9.17) is 0 Å². The molecule has 9 heteroatoms. The van der Waals surface area contributed by atoms with E-state index < -0.39 is 17.7 Å². The molecule has 0 radical (unpaired) electrons. The average Bonchev–Trinajstić information content (AvgIpc) is 2.81. The predicted molar refractivity (Wildman–Crippen MR) is 124 cm³/mol. The summed E-state index contributed by atoms with van der Waals surface area (Å²) in [7, 11) is 0. The number of carbonyl (C=O) groups is 3. The highest BCUT2D eigenvalue weighted by molar-refractivity contribution is 6.08. The number of carboxylic acids is 1. The topological polar surface area (TPSA) is 93.2 Å². The van der Waals surface area contributed by atoms with Gasteiger partial charge in [-0.25, -0.2) is 9.18 Å². The number of nitrogens with zero attached hydrogens (tertiary/aromatic N) is 3. The van der Waals surface area contributed by atoms with Crippen molar-refractivity contribution in [1.82, 2.24) is 9.80 Å². The zero-order chi connectivity index (χ0) is 24.0. The van der Waals surface area contributed by atoms with Crippen LogP contribution in [0.15, 0.2) is 42.5 Å². The van der Waals surface area contributed by atoms with Crippen LogP contribution < -0.4 is 10.2 Å². The Labute approximate surface area is 192 Å². The lowest BCUT2D eigenvalue weighted by molar-refractivity contribution is -0.132. The number of likely N-dealkylation sites (N-methyl/N-ethyl adjacent to an activating group) is 1. The second-order valence-electron chi connectivity index (χ2n) is 7.83. The first kappa shape index (κ1) is 24.2. The summed E-state index contributed by atoms with van der Waals surface area (Å²) in [6, 6.07) is 9.89. The van der Waals surface area contributed by atoms with Crippen molar-refractivity contribution in [3.63, 3.8) is 0 Å². The predicted octanol–water partition coefficient (Wildman–Crippen LogP) is 2.77. The molecular weight excluding hydrogens is 427 g/mol. The number of benzene rings is 2. The molecule has 2 aromatic rings. The molecule has 0 bridgehead atoms. The second kappa shape index (κ2) is 10.9. The van der Waals surface area contributed by atoms with Crippen molar-refractivity contribution in [2.24, 2.45) is 0 Å². The lowest BCUT2D eigenvalue weighted by Gasteiger charge is -2.36. The molecule has 2 N–H and O–H groups in total. The number of hydrogen-bond acceptors (Lipinski definition) is 5. The molecule has 1 heterocycles. The molecule has 2 amide bonds. The highest BCUT2D eigenvalue weighted by atomic mass is 19.1. The van der Waals surface area contributed by atoms with Gasteiger partial charge in [0.05, 0.1) is 17.8 Å². The van der Waals surface area contributed by atoms with E-state index in [1.54, 1.807) is 18.2 Å². The second-order valence-corrected chi connectivity index (χ2v) is 7.83. The maximum atomic E-state index is 13.1. The number of aromatic carboxylic acids is 1. The van der Waals surface area contributed by atoms with Gasteiger partial charge < -0.3 is 20.2 Å². The van der Waals surface area contributed by atoms with E-state index in [1.165, 1.54) is 24.3 Å². The number of carboxylic acid groups (broad SMARTS) is 1. The first-order valence-electron chi connectivity index (χ1n) is 11.0. The van der Waals surface area contributed by atoms with E-state index in [1.807, 2.05) is 18.7 Å². The number of amides is 2. The highest BCUT2D eigenvalue weighted by Crippen LogP contribution is 2.25. The maximum Gasteiger partial charge on any atom is 0.337 e. The molecule has 0 spiro atoms. The molecule has 1 aliphatic rings. The van der Waals surface area contributed by atoms with Crippen LogP contribution in [0.1, 0.15) is 34.6 Å². The summed E-state index contributed by atoms with van der Waals surface area (Å²) in [5.74, 6) is -2.02. The number of hydrogen-bond donors (Lipinski definition) is 2. The quantitative estimate of drug-likeness (QED) is 0.635. The zero-order valence-electron chi connectivity index (χ0n) is 18.9. The molecule has 33 heavy (non-hydrogen) atoms. The Morgan fingerprint density at radius 2 is 1.64 bits per heavy atom. The molecule has 0 atom stereocenters. The molecule has 1 aliphatic heterocycles. The summed E-state index contributed by atoms with van der Waals surface area (Å²) in [6.07, 6.45) is 0. The molecule has 0 unspecified atom stereocenters. The number of rotatable bonds is 8. The van der Waals surface area contributed by atoms with Crippen LogP contribution in [-0.4, -0.2) is 78.5 Å². The molecular formula is C24H29FN4O4. The van der Waals surface area contributed by atoms with Crippen LogP contribution in [0.4, 0.5) is 15.8 Å². The van der Waals surface area contributed by atoms with Crippen LogP contribution >= 0.6 is 0 Å². The van der Waals surface area contributed by atoms with Crippen molar-refractivity contribution in [2.75, 3.05) is 56.0 Å². The first-order chi connectivity index (χ1) is 15.8. The number of piperazine rings is 1. The fraction of sp³-hybridized carbons (Fsp3) is 0.375. The van der Waals surface area contributed by atoms with Crippen molar-refractivity contribution in [2.45, 2.75) is 13.8 Å². The molecule has 1 fully saturated rings. The Bertz CT molecular complexity index is 1000. The Morgan fingerprint density at radius 1 is 1.00 bits per heavy atom. The molecule has 8 nitrogen and oxygen atoms in total. The first-order valence-corrected chi connectivity index (χ1v) is 11.0. The van der Waals surface area contributed by atoms with E-state index in [9.17, 15) is 23.9 Å². The summed E-state index contributed by atoms with van der Waals surface area (Å²) in [5, 5.41) is 12.3. The summed E-state index contributed by atoms with van der Waals surface area (Å²) >= 11 is 0. The van der Waals surface area contributed by atoms with Gasteiger partial charge in [0.25, 0.3) is 5.91 Å². The Hall–Kier alpha value is -3.46. The number of anilines is 2. The molecule has 2 aromatic carbocycles. The third kappa shape index (κ3) is 6.07. The zero-order valence-corrected chi connectivity index (χ0v) is 18.9. The normalized spacial score (nSPS) is 14.1. The van der Waals surface area contributed by atoms with E-state index in [0.717, 1.165) is 5.69 Å². The summed E-state index contributed by atoms with van der Waals surface area (Å²) in [5.41, 5.74) is 1.11. The number of halogens is 1. The maximum absolute atomic E-state index is 13.1. The number of carbonyl (C=O) groups excluding carboxylic acids is 2. The van der Waals surface area contributed by atoms with Crippen LogP contribution in [0.2, 0.25) is 0 Å². The summed E-state index contributed by atoms with van der Waals surface area (Å²) in [4.78, 5) is 42.6. The van der Waals surface area contributed by atoms with Crippen LogP contribution in [0.5, 0.6) is 0 Å². The fourth-order valence-electron chi connectivity index (χ4n) is 3.84. The average molecular weight is 457 g/mol. The lowest BCUT2D eigenvalue weighted by Crippen LogP contribution is -2.50. The van der Waals surface area contributed by atoms with Crippen molar-refractivity contribution in [1.29, 1.82) is 0 Å². The van der Waals surface area contributed by atoms with Gasteiger partial charge in [0.2, 0.25) is 5.91 Å². The van der Waals surface area contributed by atoms with Gasteiger partial charge in [0.15, 0.2) is 0 Å². The minimum absolute atomic E-state index is 0.0258. The Balaban J connectivity index is 1.66. The molecule has 1 saturated heterocycles. The van der Waals surface area contributed by atoms with Crippen LogP contribution in [0, 0.1) is 5.82 Å². The fourth-order valence-corrected chi connectivity index (χ4v) is 3.84. The van der Waals surface area contributed by atoms with E-state index in [2.05, 4.69) is 15.1 Å². The minimum Gasteiger partial charge on any atom is -0.478 e. The molecule has 0 aromatic heterocycles. The van der Waals surface area contributed by atoms with Crippen molar-refractivity contribution < 1.29 is 23.9 Å². The van der Waals surface area contributed by atoms with E-state index >= 15 is 0 Å². The monoisotopic (exact) mass is 456 g/mol. The summed E-state index contributed by atoms with van der Waals surface area (Å²) in [6.45, 7) is 8.39. The molecule has 0 saturated carbocycles. The van der Waals surface area contributed by atoms with Gasteiger partial charge in [0.1, 0.15) is 5.82 Å². The third-order valence-electron chi connectivity index (χ3n) is 5.80. The molecule has 3 rings (SSSR count). The van der Waals surface area contributed by atoms with Crippen molar-refractivity contribution in [3.05, 3.63) is 59.4 Å². The standard InChI is InChI=1S/C24H29FN4O4/c1-3-28(4-2)22(30)16-27-11-13-29(14-12-27)19-9-10-21(20(15-19)24(32)33)26-23(31)17-5-7-18(25)8-6-17/h5-10,15H,3-4,11-14,16H2,1-2H3,(H,26,31)(H,32,33). The SMILES string of the molecule is CCN(CC)C(=O)CN1CCN(c2ccc(NC(=O)c3ccc(F)cc3)c(C(=O)O)c2)CC1. The smallest absolute Gasteiger partial charge is 0.337 e.